The Labute approximate surface area is 152 Å². The summed E-state index contributed by atoms with van der Waals surface area (Å²) in [7, 11) is 2.40. The van der Waals surface area contributed by atoms with E-state index in [2.05, 4.69) is 0 Å². The van der Waals surface area contributed by atoms with Gasteiger partial charge in [-0.1, -0.05) is 0 Å². The van der Waals surface area contributed by atoms with Gasteiger partial charge in [-0.2, -0.15) is 13.2 Å². The van der Waals surface area contributed by atoms with Crippen molar-refractivity contribution in [3.05, 3.63) is 25.8 Å². The van der Waals surface area contributed by atoms with Gasteiger partial charge in [-0.3, -0.25) is 20.2 Å². The maximum atomic E-state index is 13.6. The molecule has 0 atom stereocenters. The number of nitro groups is 2. The lowest BCUT2D eigenvalue weighted by molar-refractivity contribution is -0.392. The van der Waals surface area contributed by atoms with Crippen molar-refractivity contribution in [1.82, 2.24) is 0 Å². The van der Waals surface area contributed by atoms with Gasteiger partial charge in [0.25, 0.3) is 0 Å². The second-order valence-electron chi connectivity index (χ2n) is 6.57. The molecular formula is C15H20F3N5O4. The molecular weight excluding hydrogens is 371 g/mol. The van der Waals surface area contributed by atoms with Crippen LogP contribution in [0.5, 0.6) is 0 Å². The van der Waals surface area contributed by atoms with Gasteiger partial charge in [-0.15, -0.1) is 0 Å². The number of hydrogen-bond acceptors (Lipinski definition) is 7. The van der Waals surface area contributed by atoms with Crippen molar-refractivity contribution in [2.45, 2.75) is 25.9 Å². The highest BCUT2D eigenvalue weighted by molar-refractivity contribution is 5.95. The van der Waals surface area contributed by atoms with E-state index in [0.717, 1.165) is 17.7 Å². The molecule has 0 saturated heterocycles. The zero-order chi connectivity index (χ0) is 20.7. The topological polar surface area (TPSA) is 119 Å². The van der Waals surface area contributed by atoms with Crippen LogP contribution in [-0.4, -0.2) is 37.0 Å². The Bertz CT molecular complexity index is 778. The summed E-state index contributed by atoms with van der Waals surface area (Å²) < 4.78 is 40.9. The Morgan fingerprint density at radius 1 is 1.11 bits per heavy atom. The summed E-state index contributed by atoms with van der Waals surface area (Å²) >= 11 is 0. The van der Waals surface area contributed by atoms with Crippen LogP contribution in [0.1, 0.15) is 25.3 Å². The number of nitro benzene ring substituents is 2. The van der Waals surface area contributed by atoms with E-state index in [1.54, 1.807) is 6.92 Å². The quantitative estimate of drug-likeness (QED) is 0.430. The van der Waals surface area contributed by atoms with E-state index in [4.69, 9.17) is 5.73 Å². The molecule has 12 heteroatoms. The molecule has 0 aliphatic heterocycles. The first-order chi connectivity index (χ1) is 12.4. The van der Waals surface area contributed by atoms with Crippen molar-refractivity contribution >= 4 is 28.4 Å². The van der Waals surface area contributed by atoms with Gasteiger partial charge in [-0.25, -0.2) is 0 Å². The second kappa shape index (κ2) is 7.08. The van der Waals surface area contributed by atoms with E-state index in [1.807, 2.05) is 0 Å². The average Bonchev–Trinajstić information content (AvgIpc) is 3.33. The Morgan fingerprint density at radius 3 is 1.96 bits per heavy atom. The van der Waals surface area contributed by atoms with E-state index in [9.17, 15) is 33.4 Å². The van der Waals surface area contributed by atoms with Gasteiger partial charge in [0.2, 0.25) is 0 Å². The average molecular weight is 391 g/mol. The first kappa shape index (κ1) is 20.5. The molecule has 1 aliphatic carbocycles. The smallest absolute Gasteiger partial charge is 0.393 e. The predicted molar refractivity (Wildman–Crippen MR) is 94.1 cm³/mol. The van der Waals surface area contributed by atoms with Crippen molar-refractivity contribution in [2.75, 3.05) is 42.7 Å². The van der Waals surface area contributed by atoms with E-state index in [-0.39, 0.29) is 19.0 Å². The third-order valence-electron chi connectivity index (χ3n) is 4.40. The van der Waals surface area contributed by atoms with Crippen LogP contribution < -0.4 is 15.5 Å². The number of anilines is 3. The first-order valence-electron chi connectivity index (χ1n) is 8.19. The van der Waals surface area contributed by atoms with Gasteiger partial charge in [-0.05, 0) is 25.7 Å². The first-order valence-corrected chi connectivity index (χ1v) is 8.19. The van der Waals surface area contributed by atoms with Crippen molar-refractivity contribution in [3.63, 3.8) is 0 Å². The number of nitrogen functional groups attached to an aromatic ring is 1. The molecule has 150 valence electrons. The summed E-state index contributed by atoms with van der Waals surface area (Å²) in [6, 6.07) is 0. The molecule has 1 aliphatic rings. The highest BCUT2D eigenvalue weighted by Crippen LogP contribution is 2.55. The summed E-state index contributed by atoms with van der Waals surface area (Å²) in [5.74, 6) is 0.190. The maximum Gasteiger partial charge on any atom is 0.420 e. The number of nitrogens with zero attached hydrogens (tertiary/aromatic N) is 4. The van der Waals surface area contributed by atoms with Gasteiger partial charge in [0.1, 0.15) is 16.9 Å². The minimum absolute atomic E-state index is 0.149. The lowest BCUT2D eigenvalue weighted by Crippen LogP contribution is -2.29. The number of rotatable bonds is 7. The second-order valence-corrected chi connectivity index (χ2v) is 6.57. The molecule has 0 bridgehead atoms. The van der Waals surface area contributed by atoms with Crippen LogP contribution in [0.25, 0.3) is 0 Å². The van der Waals surface area contributed by atoms with Gasteiger partial charge < -0.3 is 15.5 Å². The third kappa shape index (κ3) is 3.83. The summed E-state index contributed by atoms with van der Waals surface area (Å²) in [5.41, 5.74) is -0.425. The van der Waals surface area contributed by atoms with E-state index in [1.165, 1.54) is 19.0 Å². The van der Waals surface area contributed by atoms with E-state index in [0.29, 0.717) is 0 Å². The summed E-state index contributed by atoms with van der Waals surface area (Å²) in [5, 5.41) is 23.4. The molecule has 0 radical (unpaired) electrons. The molecule has 1 aromatic carbocycles. The van der Waals surface area contributed by atoms with E-state index < -0.39 is 50.0 Å². The zero-order valence-corrected chi connectivity index (χ0v) is 15.0. The SMILES string of the molecule is CCN(CC1CC1)c1c([N+](=O)[O-])c(N)c(C(F)(F)F)c(N(C)C)c1[N+](=O)[O-]. The van der Waals surface area contributed by atoms with Crippen molar-refractivity contribution in [3.8, 4) is 0 Å². The molecule has 1 saturated carbocycles. The molecule has 2 rings (SSSR count). The molecule has 0 unspecified atom stereocenters. The molecule has 1 aromatic rings. The summed E-state index contributed by atoms with van der Waals surface area (Å²) in [6.45, 7) is 2.05. The number of halogens is 3. The molecule has 0 spiro atoms. The van der Waals surface area contributed by atoms with Crippen LogP contribution in [0.15, 0.2) is 0 Å². The molecule has 0 aromatic heterocycles. The number of benzene rings is 1. The minimum atomic E-state index is -5.11. The lowest BCUT2D eigenvalue weighted by Gasteiger charge is -2.27. The van der Waals surface area contributed by atoms with Crippen LogP contribution in [-0.2, 0) is 6.18 Å². The molecule has 2 N–H and O–H groups in total. The Kier molecular flexibility index (Phi) is 5.38. The maximum absolute atomic E-state index is 13.6. The molecule has 9 nitrogen and oxygen atoms in total. The van der Waals surface area contributed by atoms with Gasteiger partial charge >= 0.3 is 17.6 Å². The van der Waals surface area contributed by atoms with Crippen molar-refractivity contribution in [2.24, 2.45) is 5.92 Å². The fourth-order valence-electron chi connectivity index (χ4n) is 3.09. The Morgan fingerprint density at radius 2 is 1.63 bits per heavy atom. The number of nitrogens with two attached hydrogens (primary N) is 1. The predicted octanol–water partition coefficient (Wildman–Crippen LogP) is 3.41. The Hall–Kier alpha value is -2.79. The largest absolute Gasteiger partial charge is 0.420 e. The highest BCUT2D eigenvalue weighted by Gasteiger charge is 2.48. The van der Waals surface area contributed by atoms with Crippen molar-refractivity contribution in [1.29, 1.82) is 0 Å². The van der Waals surface area contributed by atoms with Crippen LogP contribution in [0.4, 0.5) is 41.6 Å². The van der Waals surface area contributed by atoms with Gasteiger partial charge in [0.05, 0.1) is 9.85 Å². The molecule has 1 fully saturated rings. The fourth-order valence-corrected chi connectivity index (χ4v) is 3.09. The number of hydrogen-bond donors (Lipinski definition) is 1. The third-order valence-corrected chi connectivity index (χ3v) is 4.40. The minimum Gasteiger partial charge on any atom is -0.393 e. The standard InChI is InChI=1S/C15H20F3N5O4/c1-4-21(7-8-5-6-8)13-12(22(24)25)10(19)9(15(16,17)18)11(20(2)3)14(13)23(26)27/h8H,4-7,19H2,1-3H3. The summed E-state index contributed by atoms with van der Waals surface area (Å²) in [6.07, 6.45) is -3.39. The Balaban J connectivity index is 2.99. The summed E-state index contributed by atoms with van der Waals surface area (Å²) in [4.78, 5) is 23.5. The van der Waals surface area contributed by atoms with Crippen LogP contribution in [0, 0.1) is 26.1 Å². The molecule has 27 heavy (non-hydrogen) atoms. The van der Waals surface area contributed by atoms with Gasteiger partial charge in [0, 0.05) is 27.2 Å². The van der Waals surface area contributed by atoms with Gasteiger partial charge in [0.15, 0.2) is 5.69 Å². The van der Waals surface area contributed by atoms with Crippen LogP contribution in [0.3, 0.4) is 0 Å². The number of alkyl halides is 3. The van der Waals surface area contributed by atoms with Crippen molar-refractivity contribution < 1.29 is 23.0 Å². The van der Waals surface area contributed by atoms with Crippen LogP contribution in [0.2, 0.25) is 0 Å². The molecule has 0 heterocycles. The normalized spacial score (nSPS) is 14.1. The fraction of sp³-hybridized carbons (Fsp3) is 0.600. The highest BCUT2D eigenvalue weighted by atomic mass is 19.4. The van der Waals surface area contributed by atoms with Crippen LogP contribution >= 0.6 is 0 Å². The lowest BCUT2D eigenvalue weighted by atomic mass is 10.0. The van der Waals surface area contributed by atoms with E-state index >= 15 is 0 Å². The monoisotopic (exact) mass is 391 g/mol. The molecule has 0 amide bonds. The zero-order valence-electron chi connectivity index (χ0n) is 15.0.